The molecule has 1 aromatic rings. The van der Waals surface area contributed by atoms with Crippen LogP contribution in [0.5, 0.6) is 0 Å². The molecule has 0 radical (unpaired) electrons. The van der Waals surface area contributed by atoms with Gasteiger partial charge in [0.2, 0.25) is 5.91 Å². The van der Waals surface area contributed by atoms with Gasteiger partial charge in [-0.15, -0.1) is 0 Å². The van der Waals surface area contributed by atoms with Gasteiger partial charge in [-0.2, -0.15) is 0 Å². The molecule has 5 nitrogen and oxygen atoms in total. The van der Waals surface area contributed by atoms with Crippen LogP contribution in [-0.4, -0.2) is 72.4 Å². The van der Waals surface area contributed by atoms with Crippen molar-refractivity contribution in [1.82, 2.24) is 19.7 Å². The maximum atomic E-state index is 12.4. The Morgan fingerprint density at radius 1 is 1.29 bits per heavy atom. The second-order valence-corrected chi connectivity index (χ2v) is 7.74. The summed E-state index contributed by atoms with van der Waals surface area (Å²) in [6.45, 7) is 3.34. The third-order valence-electron chi connectivity index (χ3n) is 5.59. The van der Waals surface area contributed by atoms with E-state index >= 15 is 0 Å². The summed E-state index contributed by atoms with van der Waals surface area (Å²) in [5.74, 6) is 1.57. The quantitative estimate of drug-likeness (QED) is 0.824. The van der Waals surface area contributed by atoms with Gasteiger partial charge in [-0.05, 0) is 57.5 Å². The van der Waals surface area contributed by atoms with Gasteiger partial charge in [0.05, 0.1) is 6.54 Å². The molecule has 1 saturated heterocycles. The third kappa shape index (κ3) is 3.95. The third-order valence-corrected chi connectivity index (χ3v) is 5.59. The van der Waals surface area contributed by atoms with Crippen LogP contribution >= 0.6 is 0 Å². The first-order valence-corrected chi connectivity index (χ1v) is 9.06. The summed E-state index contributed by atoms with van der Waals surface area (Å²) in [6.07, 6.45) is 7.57. The van der Waals surface area contributed by atoms with Crippen molar-refractivity contribution in [2.75, 3.05) is 40.8 Å². The highest BCUT2D eigenvalue weighted by atomic mass is 16.2. The highest BCUT2D eigenvalue weighted by Crippen LogP contribution is 2.38. The highest BCUT2D eigenvalue weighted by molar-refractivity contribution is 5.78. The van der Waals surface area contributed by atoms with Crippen molar-refractivity contribution in [3.63, 3.8) is 0 Å². The van der Waals surface area contributed by atoms with Gasteiger partial charge >= 0.3 is 0 Å². The van der Waals surface area contributed by atoms with E-state index in [9.17, 15) is 4.79 Å². The molecule has 2 aliphatic rings. The van der Waals surface area contributed by atoms with Gasteiger partial charge in [-0.3, -0.25) is 14.7 Å². The molecular weight excluding hydrogens is 300 g/mol. The number of hydrogen-bond acceptors (Lipinski definition) is 4. The van der Waals surface area contributed by atoms with E-state index in [1.807, 2.05) is 37.5 Å². The second-order valence-electron chi connectivity index (χ2n) is 7.74. The van der Waals surface area contributed by atoms with Crippen molar-refractivity contribution >= 4 is 5.91 Å². The Hall–Kier alpha value is -1.46. The van der Waals surface area contributed by atoms with Gasteiger partial charge in [0.25, 0.3) is 0 Å². The van der Waals surface area contributed by atoms with Crippen LogP contribution in [0.3, 0.4) is 0 Å². The molecule has 1 aliphatic carbocycles. The number of likely N-dealkylation sites (tertiary alicyclic amines) is 1. The molecule has 2 heterocycles. The zero-order chi connectivity index (χ0) is 17.1. The summed E-state index contributed by atoms with van der Waals surface area (Å²) in [7, 11) is 6.15. The Balaban J connectivity index is 1.64. The van der Waals surface area contributed by atoms with Gasteiger partial charge in [-0.25, -0.2) is 0 Å². The van der Waals surface area contributed by atoms with Crippen LogP contribution in [0.1, 0.15) is 24.8 Å². The number of pyridine rings is 1. The Morgan fingerprint density at radius 2 is 2.12 bits per heavy atom. The molecule has 2 fully saturated rings. The molecule has 0 bridgehead atoms. The van der Waals surface area contributed by atoms with Crippen LogP contribution in [0.2, 0.25) is 0 Å². The lowest BCUT2D eigenvalue weighted by Crippen LogP contribution is -2.43. The van der Waals surface area contributed by atoms with Gasteiger partial charge in [0.1, 0.15) is 0 Å². The minimum Gasteiger partial charge on any atom is -0.341 e. The number of amides is 1. The van der Waals surface area contributed by atoms with Crippen molar-refractivity contribution in [1.29, 1.82) is 0 Å². The fourth-order valence-electron chi connectivity index (χ4n) is 4.46. The molecule has 0 N–H and O–H groups in total. The average Bonchev–Trinajstić information content (AvgIpc) is 2.99. The first-order chi connectivity index (χ1) is 11.5. The van der Waals surface area contributed by atoms with Crippen molar-refractivity contribution in [2.24, 2.45) is 11.8 Å². The Bertz CT molecular complexity index is 548. The van der Waals surface area contributed by atoms with Gasteiger partial charge in [0, 0.05) is 38.1 Å². The summed E-state index contributed by atoms with van der Waals surface area (Å²) in [5.41, 5.74) is 1.26. The highest BCUT2D eigenvalue weighted by Gasteiger charge is 2.42. The van der Waals surface area contributed by atoms with E-state index in [2.05, 4.69) is 27.9 Å². The topological polar surface area (TPSA) is 39.7 Å². The summed E-state index contributed by atoms with van der Waals surface area (Å²) < 4.78 is 0. The van der Waals surface area contributed by atoms with Crippen molar-refractivity contribution in [3.8, 4) is 0 Å². The monoisotopic (exact) mass is 330 g/mol. The zero-order valence-corrected chi connectivity index (χ0v) is 15.2. The lowest BCUT2D eigenvalue weighted by molar-refractivity contribution is -0.131. The van der Waals surface area contributed by atoms with Crippen molar-refractivity contribution in [2.45, 2.75) is 31.8 Å². The number of aromatic nitrogens is 1. The molecule has 0 spiro atoms. The lowest BCUT2D eigenvalue weighted by Gasteiger charge is -2.39. The predicted octanol–water partition coefficient (Wildman–Crippen LogP) is 1.70. The Morgan fingerprint density at radius 3 is 2.83 bits per heavy atom. The van der Waals surface area contributed by atoms with Crippen LogP contribution in [-0.2, 0) is 11.3 Å². The number of likely N-dealkylation sites (N-methyl/N-ethyl adjacent to an activating group) is 1. The SMILES string of the molecule is CN(C)CC(=O)N1C[C@@H]2CCCC(N(C)Cc3cccnc3)[C@@H]2C1. The molecule has 3 atom stereocenters. The van der Waals surface area contributed by atoms with Crippen LogP contribution in [0, 0.1) is 11.8 Å². The molecule has 1 aromatic heterocycles. The molecule has 1 saturated carbocycles. The largest absolute Gasteiger partial charge is 0.341 e. The van der Waals surface area contributed by atoms with E-state index in [1.165, 1.54) is 24.8 Å². The maximum absolute atomic E-state index is 12.4. The summed E-state index contributed by atoms with van der Waals surface area (Å²) in [5, 5.41) is 0. The Labute approximate surface area is 145 Å². The summed E-state index contributed by atoms with van der Waals surface area (Å²) >= 11 is 0. The van der Waals surface area contributed by atoms with E-state index in [1.54, 1.807) is 0 Å². The number of carbonyl (C=O) groups is 1. The molecule has 0 aromatic carbocycles. The molecule has 3 rings (SSSR count). The number of nitrogens with zero attached hydrogens (tertiary/aromatic N) is 4. The van der Waals surface area contributed by atoms with Gasteiger partial charge in [0.15, 0.2) is 0 Å². The standard InChI is InChI=1S/C19H30N4O/c1-21(2)14-19(24)23-12-16-7-4-8-18(17(16)13-23)22(3)11-15-6-5-9-20-10-15/h5-6,9-10,16-18H,4,7-8,11-14H2,1-3H3/t16-,17+,18?/m0/s1. The number of rotatable bonds is 5. The van der Waals surface area contributed by atoms with E-state index in [0.29, 0.717) is 24.4 Å². The number of carbonyl (C=O) groups excluding carboxylic acids is 1. The first kappa shape index (κ1) is 17.4. The average molecular weight is 330 g/mol. The van der Waals surface area contributed by atoms with Crippen LogP contribution in [0.15, 0.2) is 24.5 Å². The Kier molecular flexibility index (Phi) is 5.51. The zero-order valence-electron chi connectivity index (χ0n) is 15.2. The molecule has 24 heavy (non-hydrogen) atoms. The second kappa shape index (κ2) is 7.62. The van der Waals surface area contributed by atoms with Gasteiger partial charge in [-0.1, -0.05) is 12.5 Å². The minimum atomic E-state index is 0.281. The molecule has 132 valence electrons. The molecule has 1 unspecified atom stereocenters. The minimum absolute atomic E-state index is 0.281. The van der Waals surface area contributed by atoms with Crippen LogP contribution < -0.4 is 0 Å². The maximum Gasteiger partial charge on any atom is 0.236 e. The fraction of sp³-hybridized carbons (Fsp3) is 0.684. The van der Waals surface area contributed by atoms with Crippen LogP contribution in [0.4, 0.5) is 0 Å². The van der Waals surface area contributed by atoms with E-state index in [4.69, 9.17) is 0 Å². The molecule has 5 heteroatoms. The smallest absolute Gasteiger partial charge is 0.236 e. The van der Waals surface area contributed by atoms with Crippen molar-refractivity contribution in [3.05, 3.63) is 30.1 Å². The fourth-order valence-corrected chi connectivity index (χ4v) is 4.46. The van der Waals surface area contributed by atoms with E-state index in [0.717, 1.165) is 19.6 Å². The van der Waals surface area contributed by atoms with E-state index in [-0.39, 0.29) is 5.91 Å². The van der Waals surface area contributed by atoms with E-state index < -0.39 is 0 Å². The molecular formula is C19H30N4O. The normalized spacial score (nSPS) is 26.9. The number of fused-ring (bicyclic) bond motifs is 1. The molecule has 1 amide bonds. The lowest BCUT2D eigenvalue weighted by atomic mass is 9.77. The van der Waals surface area contributed by atoms with Crippen LogP contribution in [0.25, 0.3) is 0 Å². The summed E-state index contributed by atoms with van der Waals surface area (Å²) in [6, 6.07) is 4.72. The summed E-state index contributed by atoms with van der Waals surface area (Å²) in [4.78, 5) is 23.2. The first-order valence-electron chi connectivity index (χ1n) is 9.06. The van der Waals surface area contributed by atoms with Crippen molar-refractivity contribution < 1.29 is 4.79 Å². The predicted molar refractivity (Wildman–Crippen MR) is 95.5 cm³/mol. The molecule has 1 aliphatic heterocycles. The number of hydrogen-bond donors (Lipinski definition) is 0. The van der Waals surface area contributed by atoms with Gasteiger partial charge < -0.3 is 9.80 Å².